The number of carboxylic acid groups (broad SMARTS) is 1. The standard InChI is InChI=1S/C18H19F3N4O2/c1-17(22-24-25-23-17)14-9-7-12(10-15(14)18(19,20)21)13(16(26)27)8-6-11-4-2-3-5-11/h7-11H,2-6H2,1H3,(H,26,27). The van der Waals surface area contributed by atoms with Crippen LogP contribution < -0.4 is 0 Å². The Kier molecular flexibility index (Phi) is 5.12. The summed E-state index contributed by atoms with van der Waals surface area (Å²) >= 11 is 0. The first-order valence-electron chi connectivity index (χ1n) is 8.70. The Labute approximate surface area is 153 Å². The third-order valence-electron chi connectivity index (χ3n) is 5.03. The second kappa shape index (κ2) is 7.21. The topological polar surface area (TPSA) is 86.7 Å². The van der Waals surface area contributed by atoms with Crippen LogP contribution in [0.1, 0.15) is 55.7 Å². The van der Waals surface area contributed by atoms with E-state index in [1.807, 2.05) is 0 Å². The first kappa shape index (κ1) is 19.2. The van der Waals surface area contributed by atoms with Crippen LogP contribution in [-0.4, -0.2) is 11.1 Å². The average molecular weight is 380 g/mol. The molecule has 1 aliphatic carbocycles. The molecule has 1 fully saturated rings. The smallest absolute Gasteiger partial charge is 0.416 e. The van der Waals surface area contributed by atoms with Gasteiger partial charge in [0.25, 0.3) is 0 Å². The molecule has 1 aliphatic heterocycles. The molecule has 27 heavy (non-hydrogen) atoms. The van der Waals surface area contributed by atoms with Crippen molar-refractivity contribution in [2.75, 3.05) is 0 Å². The molecule has 0 radical (unpaired) electrons. The lowest BCUT2D eigenvalue weighted by Gasteiger charge is -2.21. The molecule has 0 atom stereocenters. The normalized spacial score (nSPS) is 19.8. The minimum Gasteiger partial charge on any atom is -0.478 e. The molecule has 0 aromatic heterocycles. The van der Waals surface area contributed by atoms with E-state index >= 15 is 0 Å². The average Bonchev–Trinajstić information content (AvgIpc) is 3.26. The van der Waals surface area contributed by atoms with Gasteiger partial charge in [-0.1, -0.05) is 43.9 Å². The maximum atomic E-state index is 13.6. The van der Waals surface area contributed by atoms with E-state index in [4.69, 9.17) is 0 Å². The van der Waals surface area contributed by atoms with Gasteiger partial charge in [-0.2, -0.15) is 13.2 Å². The Morgan fingerprint density at radius 1 is 1.26 bits per heavy atom. The highest BCUT2D eigenvalue weighted by atomic mass is 19.4. The molecular formula is C18H19F3N4O2. The molecular weight excluding hydrogens is 361 g/mol. The van der Waals surface area contributed by atoms with Crippen LogP contribution in [0.3, 0.4) is 0 Å². The Morgan fingerprint density at radius 2 is 1.89 bits per heavy atom. The number of allylic oxidation sites excluding steroid dienone is 1. The maximum Gasteiger partial charge on any atom is 0.416 e. The summed E-state index contributed by atoms with van der Waals surface area (Å²) in [6.45, 7) is 1.37. The first-order chi connectivity index (χ1) is 12.7. The summed E-state index contributed by atoms with van der Waals surface area (Å²) in [5.41, 5.74) is -2.90. The van der Waals surface area contributed by atoms with Gasteiger partial charge in [0.05, 0.1) is 11.1 Å². The third-order valence-corrected chi connectivity index (χ3v) is 5.03. The van der Waals surface area contributed by atoms with Gasteiger partial charge < -0.3 is 5.11 Å². The highest BCUT2D eigenvalue weighted by Crippen LogP contribution is 2.42. The fraction of sp³-hybridized carbons (Fsp3) is 0.500. The van der Waals surface area contributed by atoms with E-state index in [1.54, 1.807) is 0 Å². The highest BCUT2D eigenvalue weighted by molar-refractivity contribution is 6.15. The molecule has 0 unspecified atom stereocenters. The van der Waals surface area contributed by atoms with E-state index in [0.717, 1.165) is 31.7 Å². The van der Waals surface area contributed by atoms with E-state index in [9.17, 15) is 23.1 Å². The summed E-state index contributed by atoms with van der Waals surface area (Å²) in [7, 11) is 0. The maximum absolute atomic E-state index is 13.6. The molecule has 1 saturated carbocycles. The molecule has 1 aromatic carbocycles. The van der Waals surface area contributed by atoms with Crippen molar-refractivity contribution in [3.63, 3.8) is 0 Å². The van der Waals surface area contributed by atoms with Crippen molar-refractivity contribution in [1.29, 1.82) is 0 Å². The van der Waals surface area contributed by atoms with E-state index in [2.05, 4.69) is 20.7 Å². The minimum atomic E-state index is -4.70. The van der Waals surface area contributed by atoms with Gasteiger partial charge in [-0.15, -0.1) is 10.2 Å². The fourth-order valence-electron chi connectivity index (χ4n) is 3.56. The zero-order valence-electron chi connectivity index (χ0n) is 14.7. The number of hydrogen-bond donors (Lipinski definition) is 1. The molecule has 1 N–H and O–H groups in total. The Bertz CT molecular complexity index is 812. The Morgan fingerprint density at radius 3 is 2.44 bits per heavy atom. The van der Waals surface area contributed by atoms with Gasteiger partial charge in [-0.05, 0) is 41.3 Å². The van der Waals surface area contributed by atoms with Gasteiger partial charge in [0.1, 0.15) is 0 Å². The molecule has 9 heteroatoms. The molecule has 2 aliphatic rings. The molecule has 144 valence electrons. The summed E-state index contributed by atoms with van der Waals surface area (Å²) in [6, 6.07) is 3.40. The van der Waals surface area contributed by atoms with Crippen LogP contribution in [0.5, 0.6) is 0 Å². The van der Waals surface area contributed by atoms with Crippen LogP contribution in [0.4, 0.5) is 13.2 Å². The van der Waals surface area contributed by atoms with Gasteiger partial charge in [0.2, 0.25) is 5.66 Å². The zero-order valence-corrected chi connectivity index (χ0v) is 14.7. The molecule has 0 spiro atoms. The van der Waals surface area contributed by atoms with Crippen molar-refractivity contribution in [3.05, 3.63) is 41.0 Å². The molecule has 0 saturated heterocycles. The van der Waals surface area contributed by atoms with Crippen molar-refractivity contribution in [3.8, 4) is 0 Å². The Hall–Kier alpha value is -2.58. The third kappa shape index (κ3) is 4.06. The first-order valence-corrected chi connectivity index (χ1v) is 8.70. The van der Waals surface area contributed by atoms with Crippen molar-refractivity contribution in [2.45, 2.75) is 50.9 Å². The second-order valence-corrected chi connectivity index (χ2v) is 6.97. The van der Waals surface area contributed by atoms with Crippen LogP contribution in [-0.2, 0) is 16.6 Å². The van der Waals surface area contributed by atoms with Crippen molar-refractivity contribution < 1.29 is 23.1 Å². The number of carboxylic acids is 1. The monoisotopic (exact) mass is 380 g/mol. The predicted molar refractivity (Wildman–Crippen MR) is 90.7 cm³/mol. The van der Waals surface area contributed by atoms with Gasteiger partial charge in [0, 0.05) is 5.56 Å². The van der Waals surface area contributed by atoms with E-state index in [0.29, 0.717) is 12.3 Å². The summed E-state index contributed by atoms with van der Waals surface area (Å²) < 4.78 is 40.9. The molecule has 1 heterocycles. The molecule has 0 bridgehead atoms. The summed E-state index contributed by atoms with van der Waals surface area (Å²) in [4.78, 5) is 11.7. The van der Waals surface area contributed by atoms with Crippen LogP contribution in [0.25, 0.3) is 5.57 Å². The van der Waals surface area contributed by atoms with Crippen molar-refractivity contribution in [2.24, 2.45) is 26.6 Å². The predicted octanol–water partition coefficient (Wildman–Crippen LogP) is 5.76. The zero-order chi connectivity index (χ0) is 19.7. The lowest BCUT2D eigenvalue weighted by molar-refractivity contribution is -0.139. The number of aliphatic carboxylic acids is 1. The molecule has 6 nitrogen and oxygen atoms in total. The van der Waals surface area contributed by atoms with Gasteiger partial charge in [-0.3, -0.25) is 0 Å². The van der Waals surface area contributed by atoms with Crippen LogP contribution in [0.2, 0.25) is 0 Å². The van der Waals surface area contributed by atoms with Crippen LogP contribution in [0, 0.1) is 5.92 Å². The molecule has 3 rings (SSSR count). The fourth-order valence-corrected chi connectivity index (χ4v) is 3.56. The second-order valence-electron chi connectivity index (χ2n) is 6.97. The number of carbonyl (C=O) groups is 1. The Balaban J connectivity index is 2.02. The minimum absolute atomic E-state index is 0.00652. The highest BCUT2D eigenvalue weighted by Gasteiger charge is 2.41. The number of hydrogen-bond acceptors (Lipinski definition) is 5. The summed E-state index contributed by atoms with van der Waals surface area (Å²) in [5.74, 6) is -0.862. The quantitative estimate of drug-likeness (QED) is 0.658. The van der Waals surface area contributed by atoms with E-state index in [-0.39, 0.29) is 16.7 Å². The summed E-state index contributed by atoms with van der Waals surface area (Å²) in [5, 5.41) is 23.5. The molecule has 0 amide bonds. The van der Waals surface area contributed by atoms with Crippen LogP contribution >= 0.6 is 0 Å². The lowest BCUT2D eigenvalue weighted by atomic mass is 9.91. The lowest BCUT2D eigenvalue weighted by Crippen LogP contribution is -2.21. The SMILES string of the molecule is CC1(c2ccc(C(=CCC3CCCC3)C(=O)O)cc2C(F)(F)F)N=NN=N1. The van der Waals surface area contributed by atoms with E-state index < -0.39 is 23.4 Å². The van der Waals surface area contributed by atoms with Gasteiger partial charge >= 0.3 is 12.1 Å². The number of nitrogens with zero attached hydrogens (tertiary/aromatic N) is 4. The number of alkyl halides is 3. The van der Waals surface area contributed by atoms with Gasteiger partial charge in [-0.25, -0.2) is 4.79 Å². The van der Waals surface area contributed by atoms with Crippen LogP contribution in [0.15, 0.2) is 45.0 Å². The number of rotatable bonds is 5. The van der Waals surface area contributed by atoms with E-state index in [1.165, 1.54) is 25.1 Å². The largest absolute Gasteiger partial charge is 0.478 e. The van der Waals surface area contributed by atoms with Crippen molar-refractivity contribution in [1.82, 2.24) is 0 Å². The summed E-state index contributed by atoms with van der Waals surface area (Å²) in [6.07, 6.45) is 1.63. The van der Waals surface area contributed by atoms with Crippen molar-refractivity contribution >= 4 is 11.5 Å². The number of halogens is 3. The van der Waals surface area contributed by atoms with Gasteiger partial charge in [0.15, 0.2) is 0 Å². The molecule has 1 aromatic rings. The number of benzene rings is 1.